The summed E-state index contributed by atoms with van der Waals surface area (Å²) in [7, 11) is 0. The summed E-state index contributed by atoms with van der Waals surface area (Å²) in [6, 6.07) is 17.3. The number of amides is 1. The second kappa shape index (κ2) is 10.1. The van der Waals surface area contributed by atoms with Crippen molar-refractivity contribution in [2.24, 2.45) is 5.92 Å². The first-order valence-corrected chi connectivity index (χ1v) is 10.2. The third kappa shape index (κ3) is 5.74. The summed E-state index contributed by atoms with van der Waals surface area (Å²) in [4.78, 5) is 14.0. The number of nitriles is 1. The standard InChI is InChI=1S/C22H23BrN2O3/c23-20-7-6-19(15-24)21(14-20)27-13-10-17-8-11-25(12-9-17)22(26)28-16-18-4-2-1-3-5-18/h1-7,14,17H,8-13,16H2. The number of carbonyl (C=O) groups excluding carboxylic acids is 1. The predicted molar refractivity (Wildman–Crippen MR) is 110 cm³/mol. The lowest BCUT2D eigenvalue weighted by atomic mass is 9.94. The first kappa shape index (κ1) is 20.2. The zero-order chi connectivity index (χ0) is 19.8. The third-order valence-electron chi connectivity index (χ3n) is 4.93. The minimum absolute atomic E-state index is 0.244. The maximum atomic E-state index is 12.2. The number of nitrogens with zero attached hydrogens (tertiary/aromatic N) is 2. The van der Waals surface area contributed by atoms with Crippen LogP contribution < -0.4 is 4.74 Å². The van der Waals surface area contributed by atoms with Gasteiger partial charge in [0.1, 0.15) is 18.4 Å². The second-order valence-electron chi connectivity index (χ2n) is 6.86. The normalized spacial score (nSPS) is 14.4. The van der Waals surface area contributed by atoms with Crippen LogP contribution in [0.1, 0.15) is 30.4 Å². The van der Waals surface area contributed by atoms with Gasteiger partial charge in [0.15, 0.2) is 0 Å². The van der Waals surface area contributed by atoms with Crippen molar-refractivity contribution in [3.05, 3.63) is 64.1 Å². The van der Waals surface area contributed by atoms with Gasteiger partial charge in [-0.2, -0.15) is 5.26 Å². The van der Waals surface area contributed by atoms with Crippen LogP contribution in [0.2, 0.25) is 0 Å². The molecule has 1 amide bonds. The number of rotatable bonds is 6. The van der Waals surface area contributed by atoms with Crippen LogP contribution in [0.25, 0.3) is 0 Å². The van der Waals surface area contributed by atoms with E-state index in [1.54, 1.807) is 11.0 Å². The van der Waals surface area contributed by atoms with Crippen molar-refractivity contribution in [2.75, 3.05) is 19.7 Å². The molecule has 0 unspecified atom stereocenters. The molecule has 1 saturated heterocycles. The van der Waals surface area contributed by atoms with E-state index in [9.17, 15) is 4.79 Å². The van der Waals surface area contributed by atoms with Crippen molar-refractivity contribution in [1.29, 1.82) is 5.26 Å². The Kier molecular flexibility index (Phi) is 7.32. The van der Waals surface area contributed by atoms with Gasteiger partial charge in [-0.3, -0.25) is 0 Å². The lowest BCUT2D eigenvalue weighted by Crippen LogP contribution is -2.39. The Balaban J connectivity index is 1.38. The molecule has 0 radical (unpaired) electrons. The molecule has 0 saturated carbocycles. The predicted octanol–water partition coefficient (Wildman–Crippen LogP) is 5.14. The molecular formula is C22H23BrN2O3. The van der Waals surface area contributed by atoms with Crippen LogP contribution in [0.4, 0.5) is 4.79 Å². The summed E-state index contributed by atoms with van der Waals surface area (Å²) in [6.45, 7) is 2.28. The van der Waals surface area contributed by atoms with Gasteiger partial charge in [-0.05, 0) is 48.9 Å². The highest BCUT2D eigenvalue weighted by molar-refractivity contribution is 9.10. The van der Waals surface area contributed by atoms with E-state index in [1.165, 1.54) is 0 Å². The van der Waals surface area contributed by atoms with Gasteiger partial charge in [-0.15, -0.1) is 0 Å². The van der Waals surface area contributed by atoms with E-state index in [-0.39, 0.29) is 6.09 Å². The highest BCUT2D eigenvalue weighted by Crippen LogP contribution is 2.25. The molecule has 1 heterocycles. The van der Waals surface area contributed by atoms with E-state index < -0.39 is 0 Å². The highest BCUT2D eigenvalue weighted by atomic mass is 79.9. The van der Waals surface area contributed by atoms with Crippen LogP contribution in [0.5, 0.6) is 5.75 Å². The molecule has 2 aromatic rings. The molecule has 1 aliphatic heterocycles. The Morgan fingerprint density at radius 1 is 1.18 bits per heavy atom. The largest absolute Gasteiger partial charge is 0.492 e. The zero-order valence-electron chi connectivity index (χ0n) is 15.6. The Morgan fingerprint density at radius 2 is 1.93 bits per heavy atom. The highest BCUT2D eigenvalue weighted by Gasteiger charge is 2.23. The SMILES string of the molecule is N#Cc1ccc(Br)cc1OCCC1CCN(C(=O)OCc2ccccc2)CC1. The molecular weight excluding hydrogens is 420 g/mol. The van der Waals surface area contributed by atoms with Crippen LogP contribution in [0, 0.1) is 17.2 Å². The van der Waals surface area contributed by atoms with E-state index in [4.69, 9.17) is 14.7 Å². The van der Waals surface area contributed by atoms with Gasteiger partial charge < -0.3 is 14.4 Å². The number of carbonyl (C=O) groups is 1. The number of likely N-dealkylation sites (tertiary alicyclic amines) is 1. The van der Waals surface area contributed by atoms with Crippen LogP contribution in [-0.2, 0) is 11.3 Å². The number of halogens is 1. The van der Waals surface area contributed by atoms with Crippen LogP contribution >= 0.6 is 15.9 Å². The fraction of sp³-hybridized carbons (Fsp3) is 0.364. The molecule has 1 aliphatic rings. The van der Waals surface area contributed by atoms with Crippen LogP contribution in [0.15, 0.2) is 53.0 Å². The minimum atomic E-state index is -0.244. The third-order valence-corrected chi connectivity index (χ3v) is 5.42. The summed E-state index contributed by atoms with van der Waals surface area (Å²) < 4.78 is 12.1. The number of hydrogen-bond acceptors (Lipinski definition) is 4. The van der Waals surface area contributed by atoms with Gasteiger partial charge >= 0.3 is 6.09 Å². The van der Waals surface area contributed by atoms with Gasteiger partial charge in [-0.25, -0.2) is 4.79 Å². The van der Waals surface area contributed by atoms with Crippen molar-refractivity contribution in [2.45, 2.75) is 25.9 Å². The van der Waals surface area contributed by atoms with E-state index >= 15 is 0 Å². The average molecular weight is 443 g/mol. The zero-order valence-corrected chi connectivity index (χ0v) is 17.2. The molecule has 146 valence electrons. The molecule has 0 aromatic heterocycles. The van der Waals surface area contributed by atoms with Crippen LogP contribution in [0.3, 0.4) is 0 Å². The fourth-order valence-electron chi connectivity index (χ4n) is 3.26. The molecule has 0 bridgehead atoms. The maximum absolute atomic E-state index is 12.2. The van der Waals surface area contributed by atoms with Crippen molar-refractivity contribution in [3.8, 4) is 11.8 Å². The monoisotopic (exact) mass is 442 g/mol. The van der Waals surface area contributed by atoms with Gasteiger partial charge in [0.05, 0.1) is 12.2 Å². The summed E-state index contributed by atoms with van der Waals surface area (Å²) in [6.07, 6.45) is 2.54. The number of piperidine rings is 1. The number of ether oxygens (including phenoxy) is 2. The van der Waals surface area contributed by atoms with Gasteiger partial charge in [0.25, 0.3) is 0 Å². The second-order valence-corrected chi connectivity index (χ2v) is 7.78. The lowest BCUT2D eigenvalue weighted by Gasteiger charge is -2.31. The lowest BCUT2D eigenvalue weighted by molar-refractivity contribution is 0.0800. The van der Waals surface area contributed by atoms with Crippen molar-refractivity contribution >= 4 is 22.0 Å². The minimum Gasteiger partial charge on any atom is -0.492 e. The van der Waals surface area contributed by atoms with Crippen molar-refractivity contribution in [3.63, 3.8) is 0 Å². The first-order chi connectivity index (χ1) is 13.7. The number of benzene rings is 2. The first-order valence-electron chi connectivity index (χ1n) is 9.44. The van der Waals surface area contributed by atoms with Crippen molar-refractivity contribution in [1.82, 2.24) is 4.90 Å². The Hall–Kier alpha value is -2.52. The van der Waals surface area contributed by atoms with Gasteiger partial charge in [-0.1, -0.05) is 46.3 Å². The number of hydrogen-bond donors (Lipinski definition) is 0. The molecule has 0 atom stereocenters. The molecule has 5 nitrogen and oxygen atoms in total. The maximum Gasteiger partial charge on any atom is 0.410 e. The molecule has 1 fully saturated rings. The van der Waals surface area contributed by atoms with Gasteiger partial charge in [0, 0.05) is 17.6 Å². The smallest absolute Gasteiger partial charge is 0.410 e. The van der Waals surface area contributed by atoms with Crippen molar-refractivity contribution < 1.29 is 14.3 Å². The molecule has 28 heavy (non-hydrogen) atoms. The summed E-state index contributed by atoms with van der Waals surface area (Å²) >= 11 is 3.40. The fourth-order valence-corrected chi connectivity index (χ4v) is 3.60. The molecule has 6 heteroatoms. The van der Waals surface area contributed by atoms with Crippen LogP contribution in [-0.4, -0.2) is 30.7 Å². The topological polar surface area (TPSA) is 62.6 Å². The molecule has 0 aliphatic carbocycles. The van der Waals surface area contributed by atoms with E-state index in [1.807, 2.05) is 42.5 Å². The van der Waals surface area contributed by atoms with E-state index in [2.05, 4.69) is 22.0 Å². The Morgan fingerprint density at radius 3 is 2.64 bits per heavy atom. The van der Waals surface area contributed by atoms with E-state index in [0.29, 0.717) is 43.5 Å². The summed E-state index contributed by atoms with van der Waals surface area (Å²) in [5.74, 6) is 1.12. The Bertz CT molecular complexity index is 827. The van der Waals surface area contributed by atoms with Gasteiger partial charge in [0.2, 0.25) is 0 Å². The molecule has 0 N–H and O–H groups in total. The Labute approximate surface area is 174 Å². The molecule has 0 spiro atoms. The molecule has 2 aromatic carbocycles. The van der Waals surface area contributed by atoms with E-state index in [0.717, 1.165) is 29.3 Å². The quantitative estimate of drug-likeness (QED) is 0.621. The summed E-state index contributed by atoms with van der Waals surface area (Å²) in [5, 5.41) is 9.16. The summed E-state index contributed by atoms with van der Waals surface area (Å²) in [5.41, 5.74) is 1.53. The average Bonchev–Trinajstić information content (AvgIpc) is 2.73. The molecule has 3 rings (SSSR count).